The molecule has 1 amide bonds. The van der Waals surface area contributed by atoms with E-state index in [1.807, 2.05) is 10.6 Å². The van der Waals surface area contributed by atoms with Gasteiger partial charge in [-0.1, -0.05) is 12.1 Å². The van der Waals surface area contributed by atoms with E-state index in [4.69, 9.17) is 0 Å². The highest BCUT2D eigenvalue weighted by Gasteiger charge is 2.27. The number of hydrogen-bond donors (Lipinski definition) is 1. The first-order valence-corrected chi connectivity index (χ1v) is 11.4. The molecule has 0 spiro atoms. The average Bonchev–Trinajstić information content (AvgIpc) is 3.42. The van der Waals surface area contributed by atoms with Crippen molar-refractivity contribution in [2.24, 2.45) is 0 Å². The molecule has 1 fully saturated rings. The molecule has 2 aromatic carbocycles. The molecular formula is C22H24FN3O3S. The summed E-state index contributed by atoms with van der Waals surface area (Å²) in [5, 5.41) is 3.63. The van der Waals surface area contributed by atoms with Crippen LogP contribution in [0.5, 0.6) is 0 Å². The number of rotatable bonds is 6. The van der Waals surface area contributed by atoms with E-state index in [-0.39, 0.29) is 16.6 Å². The van der Waals surface area contributed by atoms with Gasteiger partial charge in [-0.15, -0.1) is 0 Å². The van der Waals surface area contributed by atoms with Gasteiger partial charge in [0.25, 0.3) is 0 Å². The molecule has 1 atom stereocenters. The van der Waals surface area contributed by atoms with Crippen LogP contribution < -0.4 is 5.32 Å². The van der Waals surface area contributed by atoms with Crippen LogP contribution in [0.4, 0.5) is 4.39 Å². The van der Waals surface area contributed by atoms with Crippen molar-refractivity contribution in [3.8, 4) is 0 Å². The van der Waals surface area contributed by atoms with Crippen LogP contribution in [0.2, 0.25) is 0 Å². The van der Waals surface area contributed by atoms with Crippen LogP contribution in [0.25, 0.3) is 10.9 Å². The van der Waals surface area contributed by atoms with Gasteiger partial charge in [-0.25, -0.2) is 12.8 Å². The van der Waals surface area contributed by atoms with E-state index < -0.39 is 16.1 Å². The van der Waals surface area contributed by atoms with Crippen molar-refractivity contribution >= 4 is 26.8 Å². The van der Waals surface area contributed by atoms with E-state index in [2.05, 4.69) is 5.32 Å². The lowest BCUT2D eigenvalue weighted by atomic mass is 10.2. The Morgan fingerprint density at radius 2 is 1.80 bits per heavy atom. The molecule has 1 aromatic heterocycles. The zero-order chi connectivity index (χ0) is 21.3. The molecular weight excluding hydrogens is 405 g/mol. The molecule has 6 nitrogen and oxygen atoms in total. The summed E-state index contributed by atoms with van der Waals surface area (Å²) in [6.45, 7) is 3.22. The van der Waals surface area contributed by atoms with E-state index in [1.54, 1.807) is 43.5 Å². The fraction of sp³-hybridized carbons (Fsp3) is 0.318. The molecule has 4 rings (SSSR count). The fourth-order valence-electron chi connectivity index (χ4n) is 3.78. The third-order valence-electron chi connectivity index (χ3n) is 5.57. The minimum absolute atomic E-state index is 0.175. The van der Waals surface area contributed by atoms with Crippen LogP contribution in [0.15, 0.2) is 59.6 Å². The number of halogens is 1. The summed E-state index contributed by atoms with van der Waals surface area (Å²) in [6, 6.07) is 12.4. The lowest BCUT2D eigenvalue weighted by Gasteiger charge is -2.17. The monoisotopic (exact) mass is 429 g/mol. The Bertz CT molecular complexity index is 1170. The van der Waals surface area contributed by atoms with Gasteiger partial charge in [0, 0.05) is 36.7 Å². The molecule has 8 heteroatoms. The third-order valence-corrected chi connectivity index (χ3v) is 7.47. The van der Waals surface area contributed by atoms with Gasteiger partial charge in [-0.3, -0.25) is 4.79 Å². The van der Waals surface area contributed by atoms with Gasteiger partial charge in [0.05, 0.1) is 4.90 Å². The normalized spacial score (nSPS) is 16.1. The van der Waals surface area contributed by atoms with Crippen LogP contribution in [-0.2, 0) is 21.4 Å². The minimum Gasteiger partial charge on any atom is -0.350 e. The number of carbonyl (C=O) groups excluding carboxylic acids is 1. The van der Waals surface area contributed by atoms with Crippen molar-refractivity contribution in [3.05, 3.63) is 66.1 Å². The highest BCUT2D eigenvalue weighted by Crippen LogP contribution is 2.27. The maximum absolute atomic E-state index is 13.0. The molecule has 2 heterocycles. The van der Waals surface area contributed by atoms with Crippen molar-refractivity contribution < 1.29 is 17.6 Å². The topological polar surface area (TPSA) is 71.4 Å². The van der Waals surface area contributed by atoms with E-state index in [0.717, 1.165) is 29.3 Å². The summed E-state index contributed by atoms with van der Waals surface area (Å²) in [5.41, 5.74) is 1.60. The first kappa shape index (κ1) is 20.6. The number of nitrogens with zero attached hydrogens (tertiary/aromatic N) is 2. The number of hydrogen-bond acceptors (Lipinski definition) is 3. The third kappa shape index (κ3) is 3.97. The number of sulfonamides is 1. The number of fused-ring (bicyclic) bond motifs is 1. The predicted molar refractivity (Wildman–Crippen MR) is 113 cm³/mol. The van der Waals surface area contributed by atoms with Crippen molar-refractivity contribution in [3.63, 3.8) is 0 Å². The molecule has 30 heavy (non-hydrogen) atoms. The Morgan fingerprint density at radius 3 is 2.50 bits per heavy atom. The molecule has 3 aromatic rings. The zero-order valence-corrected chi connectivity index (χ0v) is 17.5. The SMILES string of the molecule is C[C@H](C(=O)NCc1ccc(F)cc1)n1ccc2cc(S(=O)(=O)N3CCCC3)ccc21. The van der Waals surface area contributed by atoms with Gasteiger partial charge in [0.1, 0.15) is 11.9 Å². The van der Waals surface area contributed by atoms with Crippen LogP contribution >= 0.6 is 0 Å². The Kier molecular flexibility index (Phi) is 5.62. The molecule has 1 aliphatic rings. The molecule has 1 saturated heterocycles. The Balaban J connectivity index is 1.51. The van der Waals surface area contributed by atoms with Crippen molar-refractivity contribution in [1.82, 2.24) is 14.2 Å². The Morgan fingerprint density at radius 1 is 1.10 bits per heavy atom. The molecule has 158 valence electrons. The van der Waals surface area contributed by atoms with E-state index >= 15 is 0 Å². The summed E-state index contributed by atoms with van der Waals surface area (Å²) in [6.07, 6.45) is 3.57. The van der Waals surface area contributed by atoms with Crippen molar-refractivity contribution in [2.45, 2.75) is 37.2 Å². The van der Waals surface area contributed by atoms with Crippen LogP contribution in [0.3, 0.4) is 0 Å². The second kappa shape index (κ2) is 8.20. The van der Waals surface area contributed by atoms with Gasteiger partial charge >= 0.3 is 0 Å². The van der Waals surface area contributed by atoms with Gasteiger partial charge in [-0.05, 0) is 61.7 Å². The van der Waals surface area contributed by atoms with Gasteiger partial charge in [-0.2, -0.15) is 4.31 Å². The zero-order valence-electron chi connectivity index (χ0n) is 16.7. The first-order chi connectivity index (χ1) is 14.4. The van der Waals surface area contributed by atoms with Crippen LogP contribution in [0.1, 0.15) is 31.4 Å². The smallest absolute Gasteiger partial charge is 0.243 e. The summed E-state index contributed by atoms with van der Waals surface area (Å²) in [5.74, 6) is -0.492. The van der Waals surface area contributed by atoms with Crippen LogP contribution in [0, 0.1) is 5.82 Å². The number of aromatic nitrogens is 1. The van der Waals surface area contributed by atoms with Gasteiger partial charge in [0.15, 0.2) is 0 Å². The van der Waals surface area contributed by atoms with Crippen molar-refractivity contribution in [1.29, 1.82) is 0 Å². The summed E-state index contributed by atoms with van der Waals surface area (Å²) < 4.78 is 42.0. The fourth-order valence-corrected chi connectivity index (χ4v) is 5.34. The summed E-state index contributed by atoms with van der Waals surface area (Å²) in [7, 11) is -3.48. The largest absolute Gasteiger partial charge is 0.350 e. The number of carbonyl (C=O) groups is 1. The minimum atomic E-state index is -3.48. The quantitative estimate of drug-likeness (QED) is 0.653. The Labute approximate surface area is 175 Å². The average molecular weight is 430 g/mol. The molecule has 0 saturated carbocycles. The molecule has 0 aliphatic carbocycles. The lowest BCUT2D eigenvalue weighted by Crippen LogP contribution is -2.30. The lowest BCUT2D eigenvalue weighted by molar-refractivity contribution is -0.123. The standard InChI is InChI=1S/C22H24FN3O3S/c1-16(22(27)24-15-17-4-6-19(23)7-5-17)26-13-10-18-14-20(8-9-21(18)26)30(28,29)25-11-2-3-12-25/h4-10,13-14,16H,2-3,11-12,15H2,1H3,(H,24,27)/t16-/m1/s1. The van der Waals surface area contributed by atoms with Gasteiger partial charge < -0.3 is 9.88 Å². The molecule has 1 aliphatic heterocycles. The predicted octanol–water partition coefficient (Wildman–Crippen LogP) is 3.44. The second-order valence-corrected chi connectivity index (χ2v) is 9.51. The van der Waals surface area contributed by atoms with E-state index in [0.29, 0.717) is 19.6 Å². The van der Waals surface area contributed by atoms with Crippen molar-refractivity contribution in [2.75, 3.05) is 13.1 Å². The molecule has 1 N–H and O–H groups in total. The number of nitrogens with one attached hydrogen (secondary N) is 1. The first-order valence-electron chi connectivity index (χ1n) is 9.99. The highest BCUT2D eigenvalue weighted by atomic mass is 32.2. The summed E-state index contributed by atoms with van der Waals surface area (Å²) >= 11 is 0. The maximum atomic E-state index is 13.0. The second-order valence-electron chi connectivity index (χ2n) is 7.58. The maximum Gasteiger partial charge on any atom is 0.243 e. The molecule has 0 bridgehead atoms. The van der Waals surface area contributed by atoms with Gasteiger partial charge in [0.2, 0.25) is 15.9 Å². The van der Waals surface area contributed by atoms with E-state index in [9.17, 15) is 17.6 Å². The van der Waals surface area contributed by atoms with E-state index in [1.165, 1.54) is 16.4 Å². The molecule has 0 radical (unpaired) electrons. The number of benzene rings is 2. The Hall–Kier alpha value is -2.71. The molecule has 0 unspecified atom stereocenters. The summed E-state index contributed by atoms with van der Waals surface area (Å²) in [4.78, 5) is 12.9. The van der Waals surface area contributed by atoms with Crippen LogP contribution in [-0.4, -0.2) is 36.3 Å². The highest BCUT2D eigenvalue weighted by molar-refractivity contribution is 7.89. The number of amides is 1.